The number of methoxy groups -OCH3 is 1. The lowest BCUT2D eigenvalue weighted by atomic mass is 9.94. The minimum absolute atomic E-state index is 0.0836. The van der Waals surface area contributed by atoms with E-state index in [2.05, 4.69) is 17.1 Å². The smallest absolute Gasteiger partial charge is 0.224 e. The minimum Gasteiger partial charge on any atom is -0.397 e. The zero-order chi connectivity index (χ0) is 15.0. The fourth-order valence-corrected chi connectivity index (χ4v) is 3.27. The number of nitrogens with zero attached hydrogens (tertiary/aromatic N) is 1. The van der Waals surface area contributed by atoms with Gasteiger partial charge in [0.15, 0.2) is 0 Å². The first kappa shape index (κ1) is 14.2. The van der Waals surface area contributed by atoms with E-state index in [0.717, 1.165) is 48.6 Å². The molecule has 21 heavy (non-hydrogen) atoms. The van der Waals surface area contributed by atoms with Crippen LogP contribution < -0.4 is 16.0 Å². The average molecular weight is 289 g/mol. The molecule has 0 spiro atoms. The van der Waals surface area contributed by atoms with Crippen LogP contribution in [0.4, 0.5) is 17.1 Å². The van der Waals surface area contributed by atoms with Crippen molar-refractivity contribution in [1.29, 1.82) is 0 Å². The summed E-state index contributed by atoms with van der Waals surface area (Å²) >= 11 is 0. The second kappa shape index (κ2) is 5.56. The van der Waals surface area contributed by atoms with Crippen molar-refractivity contribution in [2.45, 2.75) is 32.3 Å². The molecule has 2 atom stereocenters. The van der Waals surface area contributed by atoms with Crippen LogP contribution in [0.25, 0.3) is 0 Å². The first-order valence-corrected chi connectivity index (χ1v) is 7.58. The Hall–Kier alpha value is -1.75. The van der Waals surface area contributed by atoms with Crippen molar-refractivity contribution >= 4 is 23.0 Å². The van der Waals surface area contributed by atoms with E-state index in [9.17, 15) is 4.79 Å². The van der Waals surface area contributed by atoms with Crippen LogP contribution in [0.15, 0.2) is 12.1 Å². The molecule has 2 aliphatic rings. The predicted octanol–water partition coefficient (Wildman–Crippen LogP) is 2.01. The maximum absolute atomic E-state index is 11.6. The Labute approximate surface area is 125 Å². The van der Waals surface area contributed by atoms with Crippen molar-refractivity contribution < 1.29 is 9.53 Å². The maximum atomic E-state index is 11.6. The molecule has 0 aromatic heterocycles. The number of nitrogen functional groups attached to an aromatic ring is 1. The van der Waals surface area contributed by atoms with Gasteiger partial charge in [-0.15, -0.1) is 0 Å². The molecule has 5 heteroatoms. The van der Waals surface area contributed by atoms with E-state index in [1.165, 1.54) is 0 Å². The summed E-state index contributed by atoms with van der Waals surface area (Å²) in [4.78, 5) is 13.8. The summed E-state index contributed by atoms with van der Waals surface area (Å²) in [5.41, 5.74) is 10.1. The van der Waals surface area contributed by atoms with Gasteiger partial charge in [0.1, 0.15) is 0 Å². The van der Waals surface area contributed by atoms with Crippen LogP contribution in [0.5, 0.6) is 0 Å². The standard InChI is InChI=1S/C16H23N3O2/c1-10-5-6-19(9-15(10)21-2)14-8-13-11(7-12(14)17)3-4-16(20)18-13/h7-8,10,15H,3-6,9,17H2,1-2H3,(H,18,20). The molecule has 0 radical (unpaired) electrons. The molecule has 3 rings (SSSR count). The molecular formula is C16H23N3O2. The van der Waals surface area contributed by atoms with Crippen molar-refractivity contribution in [3.05, 3.63) is 17.7 Å². The molecule has 2 unspecified atom stereocenters. The van der Waals surface area contributed by atoms with Gasteiger partial charge in [0, 0.05) is 32.3 Å². The minimum atomic E-state index is 0.0836. The Morgan fingerprint density at radius 1 is 1.38 bits per heavy atom. The fourth-order valence-electron chi connectivity index (χ4n) is 3.27. The Kier molecular flexibility index (Phi) is 3.76. The normalized spacial score (nSPS) is 25.4. The number of hydrogen-bond donors (Lipinski definition) is 2. The molecule has 1 aromatic rings. The zero-order valence-electron chi connectivity index (χ0n) is 12.7. The number of ether oxygens (including phenoxy) is 1. The predicted molar refractivity (Wildman–Crippen MR) is 84.6 cm³/mol. The van der Waals surface area contributed by atoms with Gasteiger partial charge in [-0.1, -0.05) is 6.92 Å². The van der Waals surface area contributed by atoms with Crippen molar-refractivity contribution in [3.8, 4) is 0 Å². The third-order valence-corrected chi connectivity index (χ3v) is 4.68. The molecule has 0 saturated carbocycles. The highest BCUT2D eigenvalue weighted by Crippen LogP contribution is 2.35. The lowest BCUT2D eigenvalue weighted by Crippen LogP contribution is -2.44. The first-order chi connectivity index (χ1) is 10.1. The van der Waals surface area contributed by atoms with Gasteiger partial charge in [-0.2, -0.15) is 0 Å². The van der Waals surface area contributed by atoms with E-state index in [0.29, 0.717) is 12.3 Å². The quantitative estimate of drug-likeness (QED) is 0.817. The van der Waals surface area contributed by atoms with Gasteiger partial charge in [0.25, 0.3) is 0 Å². The highest BCUT2D eigenvalue weighted by Gasteiger charge is 2.28. The molecule has 1 amide bonds. The third-order valence-electron chi connectivity index (χ3n) is 4.68. The summed E-state index contributed by atoms with van der Waals surface area (Å²) in [5, 5.41) is 2.95. The van der Waals surface area contributed by atoms with Crippen LogP contribution >= 0.6 is 0 Å². The molecule has 1 fully saturated rings. The lowest BCUT2D eigenvalue weighted by molar-refractivity contribution is -0.116. The van der Waals surface area contributed by atoms with Crippen molar-refractivity contribution in [1.82, 2.24) is 0 Å². The highest BCUT2D eigenvalue weighted by atomic mass is 16.5. The maximum Gasteiger partial charge on any atom is 0.224 e. The summed E-state index contributed by atoms with van der Waals surface area (Å²) < 4.78 is 5.57. The summed E-state index contributed by atoms with van der Waals surface area (Å²) in [6, 6.07) is 4.02. The van der Waals surface area contributed by atoms with E-state index >= 15 is 0 Å². The summed E-state index contributed by atoms with van der Waals surface area (Å²) in [6.45, 7) is 4.04. The largest absolute Gasteiger partial charge is 0.397 e. The number of nitrogens with one attached hydrogen (secondary N) is 1. The molecule has 1 saturated heterocycles. The van der Waals surface area contributed by atoms with Crippen molar-refractivity contribution in [3.63, 3.8) is 0 Å². The van der Waals surface area contributed by atoms with Gasteiger partial charge in [-0.3, -0.25) is 4.79 Å². The Morgan fingerprint density at radius 3 is 2.95 bits per heavy atom. The lowest BCUT2D eigenvalue weighted by Gasteiger charge is -2.38. The van der Waals surface area contributed by atoms with Crippen LogP contribution in [-0.2, 0) is 16.0 Å². The molecule has 1 aromatic carbocycles. The Morgan fingerprint density at radius 2 is 2.19 bits per heavy atom. The Balaban J connectivity index is 1.88. The highest BCUT2D eigenvalue weighted by molar-refractivity contribution is 5.95. The van der Waals surface area contributed by atoms with Crippen LogP contribution in [0, 0.1) is 5.92 Å². The van der Waals surface area contributed by atoms with Crippen LogP contribution in [0.3, 0.4) is 0 Å². The van der Waals surface area contributed by atoms with Gasteiger partial charge in [0.2, 0.25) is 5.91 Å². The summed E-state index contributed by atoms with van der Waals surface area (Å²) in [5.74, 6) is 0.644. The Bertz CT molecular complexity index is 559. The molecule has 2 heterocycles. The van der Waals surface area contributed by atoms with Gasteiger partial charge in [0.05, 0.1) is 17.5 Å². The van der Waals surface area contributed by atoms with E-state index in [1.54, 1.807) is 7.11 Å². The van der Waals surface area contributed by atoms with Crippen LogP contribution in [0.2, 0.25) is 0 Å². The van der Waals surface area contributed by atoms with Crippen molar-refractivity contribution in [2.24, 2.45) is 5.92 Å². The fraction of sp³-hybridized carbons (Fsp3) is 0.562. The second-order valence-electron chi connectivity index (χ2n) is 6.10. The van der Waals surface area contributed by atoms with Crippen LogP contribution in [0.1, 0.15) is 25.3 Å². The second-order valence-corrected chi connectivity index (χ2v) is 6.10. The molecule has 0 aliphatic carbocycles. The number of nitrogens with two attached hydrogens (primary N) is 1. The van der Waals surface area contributed by atoms with Gasteiger partial charge in [-0.25, -0.2) is 0 Å². The molecule has 2 aliphatic heterocycles. The van der Waals surface area contributed by atoms with Gasteiger partial charge in [-0.05, 0) is 36.5 Å². The summed E-state index contributed by atoms with van der Waals surface area (Å²) in [6.07, 6.45) is 2.62. The molecule has 5 nitrogen and oxygen atoms in total. The van der Waals surface area contributed by atoms with Gasteiger partial charge >= 0.3 is 0 Å². The number of benzene rings is 1. The molecular weight excluding hydrogens is 266 g/mol. The average Bonchev–Trinajstić information content (AvgIpc) is 2.48. The number of carbonyl (C=O) groups is 1. The number of aryl methyl sites for hydroxylation is 1. The monoisotopic (exact) mass is 289 g/mol. The number of rotatable bonds is 2. The topological polar surface area (TPSA) is 67.6 Å². The van der Waals surface area contributed by atoms with Gasteiger partial charge < -0.3 is 20.7 Å². The van der Waals surface area contributed by atoms with Crippen LogP contribution in [-0.4, -0.2) is 32.2 Å². The zero-order valence-corrected chi connectivity index (χ0v) is 12.7. The SMILES string of the molecule is COC1CN(c2cc3c(cc2N)CCC(=O)N3)CCC1C. The molecule has 3 N–H and O–H groups in total. The van der Waals surface area contributed by atoms with E-state index in [-0.39, 0.29) is 12.0 Å². The van der Waals surface area contributed by atoms with E-state index in [4.69, 9.17) is 10.5 Å². The number of anilines is 3. The number of piperidine rings is 1. The van der Waals surface area contributed by atoms with Crippen molar-refractivity contribution in [2.75, 3.05) is 36.1 Å². The third kappa shape index (κ3) is 2.70. The number of hydrogen-bond acceptors (Lipinski definition) is 4. The summed E-state index contributed by atoms with van der Waals surface area (Å²) in [7, 11) is 1.76. The number of carbonyl (C=O) groups excluding carboxylic acids is 1. The number of amides is 1. The number of fused-ring (bicyclic) bond motifs is 1. The first-order valence-electron chi connectivity index (χ1n) is 7.58. The van der Waals surface area contributed by atoms with E-state index < -0.39 is 0 Å². The molecule has 0 bridgehead atoms. The van der Waals surface area contributed by atoms with E-state index in [1.807, 2.05) is 12.1 Å². The molecule has 114 valence electrons.